The van der Waals surface area contributed by atoms with E-state index >= 15 is 0 Å². The minimum atomic E-state index is -0.150. The lowest BCUT2D eigenvalue weighted by Gasteiger charge is -2.34. The SMILES string of the molecule is CC1(C)NNC(=S)NN1. The van der Waals surface area contributed by atoms with Crippen LogP contribution >= 0.6 is 12.2 Å². The van der Waals surface area contributed by atoms with E-state index in [1.165, 1.54) is 0 Å². The Balaban J connectivity index is 2.44. The maximum atomic E-state index is 4.76. The van der Waals surface area contributed by atoms with Crippen LogP contribution in [0.2, 0.25) is 0 Å². The topological polar surface area (TPSA) is 48.1 Å². The summed E-state index contributed by atoms with van der Waals surface area (Å²) in [7, 11) is 0. The smallest absolute Gasteiger partial charge is 0.195 e. The third kappa shape index (κ3) is 1.78. The van der Waals surface area contributed by atoms with Gasteiger partial charge in [-0.1, -0.05) is 0 Å². The number of nitrogens with one attached hydrogen (secondary N) is 4. The lowest BCUT2D eigenvalue weighted by atomic mass is 10.3. The van der Waals surface area contributed by atoms with E-state index in [2.05, 4.69) is 21.7 Å². The predicted molar refractivity (Wildman–Crippen MR) is 39.2 cm³/mol. The van der Waals surface area contributed by atoms with Gasteiger partial charge in [0.15, 0.2) is 5.11 Å². The molecule has 0 bridgehead atoms. The molecule has 52 valence electrons. The lowest BCUT2D eigenvalue weighted by Crippen LogP contribution is -2.71. The highest BCUT2D eigenvalue weighted by Crippen LogP contribution is 1.93. The molecule has 0 aromatic rings. The Morgan fingerprint density at radius 1 is 1.22 bits per heavy atom. The maximum absolute atomic E-state index is 4.76. The average Bonchev–Trinajstić information content (AvgIpc) is 1.78. The molecule has 0 atom stereocenters. The van der Waals surface area contributed by atoms with Crippen LogP contribution in [0.25, 0.3) is 0 Å². The summed E-state index contributed by atoms with van der Waals surface area (Å²) in [5.41, 5.74) is 11.3. The first-order valence-electron chi connectivity index (χ1n) is 2.70. The Hall–Kier alpha value is -0.390. The summed E-state index contributed by atoms with van der Waals surface area (Å²) in [5, 5.41) is 0.564. The minimum absolute atomic E-state index is 0.150. The van der Waals surface area contributed by atoms with E-state index in [1.54, 1.807) is 0 Å². The van der Waals surface area contributed by atoms with Gasteiger partial charge in [0, 0.05) is 0 Å². The van der Waals surface area contributed by atoms with Gasteiger partial charge in [0.25, 0.3) is 0 Å². The van der Waals surface area contributed by atoms with Gasteiger partial charge in [-0.3, -0.25) is 10.9 Å². The molecule has 1 aliphatic rings. The number of rotatable bonds is 0. The van der Waals surface area contributed by atoms with Crippen LogP contribution in [0.5, 0.6) is 0 Å². The molecule has 4 nitrogen and oxygen atoms in total. The van der Waals surface area contributed by atoms with E-state index < -0.39 is 0 Å². The zero-order valence-corrected chi connectivity index (χ0v) is 6.22. The molecule has 1 fully saturated rings. The van der Waals surface area contributed by atoms with Crippen molar-refractivity contribution in [3.05, 3.63) is 0 Å². The largest absolute Gasteiger partial charge is 0.295 e. The van der Waals surface area contributed by atoms with Crippen molar-refractivity contribution in [2.45, 2.75) is 19.5 Å². The van der Waals surface area contributed by atoms with Gasteiger partial charge in [-0.25, -0.2) is 10.9 Å². The molecular formula is C4H10N4S. The van der Waals surface area contributed by atoms with Crippen molar-refractivity contribution in [3.63, 3.8) is 0 Å². The first kappa shape index (κ1) is 6.73. The van der Waals surface area contributed by atoms with Crippen LogP contribution in [-0.4, -0.2) is 10.8 Å². The molecular weight excluding hydrogens is 136 g/mol. The van der Waals surface area contributed by atoms with Crippen LogP contribution < -0.4 is 21.7 Å². The molecule has 0 unspecified atom stereocenters. The molecule has 4 N–H and O–H groups in total. The Morgan fingerprint density at radius 2 is 1.67 bits per heavy atom. The number of thiocarbonyl (C=S) groups is 1. The first-order chi connectivity index (χ1) is 4.10. The first-order valence-corrected chi connectivity index (χ1v) is 3.11. The highest BCUT2D eigenvalue weighted by Gasteiger charge is 2.20. The van der Waals surface area contributed by atoms with Gasteiger partial charge < -0.3 is 0 Å². The van der Waals surface area contributed by atoms with Crippen molar-refractivity contribution in [2.75, 3.05) is 0 Å². The number of hydrogen-bond donors (Lipinski definition) is 4. The predicted octanol–water partition coefficient (Wildman–Crippen LogP) is -0.791. The van der Waals surface area contributed by atoms with Gasteiger partial charge in [0.1, 0.15) is 0 Å². The van der Waals surface area contributed by atoms with E-state index in [9.17, 15) is 0 Å². The molecule has 1 aliphatic heterocycles. The van der Waals surface area contributed by atoms with E-state index in [0.717, 1.165) is 0 Å². The quantitative estimate of drug-likeness (QED) is 0.337. The second kappa shape index (κ2) is 2.09. The van der Waals surface area contributed by atoms with E-state index in [0.29, 0.717) is 5.11 Å². The Labute approximate surface area is 59.3 Å². The molecule has 1 rings (SSSR count). The summed E-state index contributed by atoms with van der Waals surface area (Å²) in [4.78, 5) is 0. The van der Waals surface area contributed by atoms with Crippen LogP contribution in [0.1, 0.15) is 13.8 Å². The van der Waals surface area contributed by atoms with Crippen LogP contribution in [0, 0.1) is 0 Å². The van der Waals surface area contributed by atoms with Crippen molar-refractivity contribution < 1.29 is 0 Å². The van der Waals surface area contributed by atoms with E-state index in [-0.39, 0.29) is 5.66 Å². The molecule has 0 saturated carbocycles. The summed E-state index contributed by atoms with van der Waals surface area (Å²) >= 11 is 4.76. The molecule has 0 spiro atoms. The standard InChI is InChI=1S/C4H10N4S/c1-4(2)7-5-3(9)6-8-4/h7-8H,1-2H3,(H2,5,6,9). The highest BCUT2D eigenvalue weighted by atomic mass is 32.1. The zero-order chi connectivity index (χ0) is 6.91. The lowest BCUT2D eigenvalue weighted by molar-refractivity contribution is 0.251. The molecule has 5 heteroatoms. The molecule has 0 aromatic heterocycles. The second-order valence-electron chi connectivity index (χ2n) is 2.45. The third-order valence-electron chi connectivity index (χ3n) is 0.977. The fourth-order valence-electron chi connectivity index (χ4n) is 0.489. The summed E-state index contributed by atoms with van der Waals surface area (Å²) in [6, 6.07) is 0. The second-order valence-corrected chi connectivity index (χ2v) is 2.86. The Kier molecular flexibility index (Phi) is 1.56. The molecule has 9 heavy (non-hydrogen) atoms. The highest BCUT2D eigenvalue weighted by molar-refractivity contribution is 7.80. The van der Waals surface area contributed by atoms with Gasteiger partial charge in [0.05, 0.1) is 5.66 Å². The average molecular weight is 146 g/mol. The number of hydrogen-bond acceptors (Lipinski definition) is 3. The summed E-state index contributed by atoms with van der Waals surface area (Å²) < 4.78 is 0. The van der Waals surface area contributed by atoms with Crippen LogP contribution in [0.3, 0.4) is 0 Å². The van der Waals surface area contributed by atoms with Gasteiger partial charge in [-0.05, 0) is 26.1 Å². The maximum Gasteiger partial charge on any atom is 0.195 e. The summed E-state index contributed by atoms with van der Waals surface area (Å²) in [5.74, 6) is 0. The Bertz CT molecular complexity index is 121. The van der Waals surface area contributed by atoms with Crippen molar-refractivity contribution in [2.24, 2.45) is 0 Å². The third-order valence-corrected chi connectivity index (χ3v) is 1.18. The van der Waals surface area contributed by atoms with Crippen molar-refractivity contribution >= 4 is 17.3 Å². The summed E-state index contributed by atoms with van der Waals surface area (Å²) in [6.45, 7) is 3.96. The van der Waals surface area contributed by atoms with Gasteiger partial charge in [0.2, 0.25) is 0 Å². The fraction of sp³-hybridized carbons (Fsp3) is 0.750. The molecule has 0 aliphatic carbocycles. The summed E-state index contributed by atoms with van der Waals surface area (Å²) in [6.07, 6.45) is 0. The molecule has 1 saturated heterocycles. The number of hydrazine groups is 2. The van der Waals surface area contributed by atoms with E-state index in [1.807, 2.05) is 13.8 Å². The van der Waals surface area contributed by atoms with Gasteiger partial charge in [-0.15, -0.1) is 0 Å². The van der Waals surface area contributed by atoms with Crippen molar-refractivity contribution in [1.82, 2.24) is 21.7 Å². The Morgan fingerprint density at radius 3 is 2.00 bits per heavy atom. The van der Waals surface area contributed by atoms with E-state index in [4.69, 9.17) is 12.2 Å². The minimum Gasteiger partial charge on any atom is -0.295 e. The molecule has 1 heterocycles. The monoisotopic (exact) mass is 146 g/mol. The molecule has 0 radical (unpaired) electrons. The zero-order valence-electron chi connectivity index (χ0n) is 5.41. The van der Waals surface area contributed by atoms with Crippen LogP contribution in [-0.2, 0) is 0 Å². The van der Waals surface area contributed by atoms with Crippen LogP contribution in [0.4, 0.5) is 0 Å². The molecule has 0 aromatic carbocycles. The van der Waals surface area contributed by atoms with Gasteiger partial charge >= 0.3 is 0 Å². The van der Waals surface area contributed by atoms with Crippen molar-refractivity contribution in [3.8, 4) is 0 Å². The van der Waals surface area contributed by atoms with Gasteiger partial charge in [-0.2, -0.15) is 0 Å². The van der Waals surface area contributed by atoms with Crippen molar-refractivity contribution in [1.29, 1.82) is 0 Å². The fourth-order valence-corrected chi connectivity index (χ4v) is 0.591. The molecule has 0 amide bonds. The normalized spacial score (nSPS) is 24.4. The van der Waals surface area contributed by atoms with Crippen LogP contribution in [0.15, 0.2) is 0 Å².